The molecule has 7 nitrogen and oxygen atoms in total. The molecule has 0 aromatic heterocycles. The molecule has 1 saturated heterocycles. The predicted molar refractivity (Wildman–Crippen MR) is 244 cm³/mol. The normalized spacial score (nSPS) is 36.0. The van der Waals surface area contributed by atoms with Crippen LogP contribution >= 0.6 is 0 Å². The minimum Gasteiger partial charge on any atom is -0.463 e. The molecule has 5 rings (SSSR count). The van der Waals surface area contributed by atoms with E-state index in [1.54, 1.807) is 0 Å². The third kappa shape index (κ3) is 13.3. The first kappa shape index (κ1) is 49.5. The maximum Gasteiger partial charge on any atom is 0.305 e. The summed E-state index contributed by atoms with van der Waals surface area (Å²) < 4.78 is 18.0. The van der Waals surface area contributed by atoms with Crippen molar-refractivity contribution in [3.8, 4) is 0 Å². The Labute approximate surface area is 367 Å². The lowest BCUT2D eigenvalue weighted by molar-refractivity contribution is -0.313. The molecule has 0 bridgehead atoms. The summed E-state index contributed by atoms with van der Waals surface area (Å²) in [5, 5.41) is 32.5. The minimum absolute atomic E-state index is 0.142. The SMILES string of the molecule is CCCCC/C=C\C/C=C\CCCCCCCCCC(=O)OCC1OC(OC2CCC3(C)C(=CCC4C3CCC3(C)C(C(C)CCCC(C)C)CCC43)C2)C(O)C(O)C1O. The van der Waals surface area contributed by atoms with E-state index >= 15 is 0 Å². The summed E-state index contributed by atoms with van der Waals surface area (Å²) in [5.41, 5.74) is 2.14. The van der Waals surface area contributed by atoms with Gasteiger partial charge in [-0.3, -0.25) is 4.79 Å². The highest BCUT2D eigenvalue weighted by atomic mass is 16.7. The van der Waals surface area contributed by atoms with E-state index < -0.39 is 30.7 Å². The second kappa shape index (κ2) is 24.5. The number of rotatable bonds is 25. The molecule has 3 saturated carbocycles. The van der Waals surface area contributed by atoms with E-state index in [4.69, 9.17) is 14.2 Å². The first-order valence-electron chi connectivity index (χ1n) is 25.4. The topological polar surface area (TPSA) is 105 Å². The van der Waals surface area contributed by atoms with Gasteiger partial charge in [0.1, 0.15) is 31.0 Å². The zero-order valence-corrected chi connectivity index (χ0v) is 39.2. The Kier molecular flexibility index (Phi) is 20.2. The van der Waals surface area contributed by atoms with Crippen molar-refractivity contribution in [3.05, 3.63) is 36.0 Å². The van der Waals surface area contributed by atoms with E-state index in [2.05, 4.69) is 71.9 Å². The highest BCUT2D eigenvalue weighted by Crippen LogP contribution is 2.67. The fourth-order valence-electron chi connectivity index (χ4n) is 12.8. The molecular formula is C53H90O7. The van der Waals surface area contributed by atoms with E-state index in [1.807, 2.05) is 0 Å². The number of carbonyl (C=O) groups excluding carboxylic acids is 1. The first-order chi connectivity index (χ1) is 28.9. The van der Waals surface area contributed by atoms with Crippen LogP contribution in [0.3, 0.4) is 0 Å². The Morgan fingerprint density at radius 2 is 1.50 bits per heavy atom. The number of hydrogen-bond donors (Lipinski definition) is 3. The molecule has 7 heteroatoms. The Balaban J connectivity index is 0.988. The number of carbonyl (C=O) groups is 1. The van der Waals surface area contributed by atoms with Gasteiger partial charge in [-0.1, -0.05) is 142 Å². The van der Waals surface area contributed by atoms with Gasteiger partial charge in [0.2, 0.25) is 0 Å². The van der Waals surface area contributed by atoms with E-state index in [-0.39, 0.29) is 24.1 Å². The second-order valence-electron chi connectivity index (χ2n) is 21.2. The fourth-order valence-corrected chi connectivity index (χ4v) is 12.8. The van der Waals surface area contributed by atoms with Crippen LogP contribution in [0.25, 0.3) is 0 Å². The Morgan fingerprint density at radius 1 is 0.800 bits per heavy atom. The van der Waals surface area contributed by atoms with Crippen molar-refractivity contribution < 1.29 is 34.3 Å². The summed E-state index contributed by atoms with van der Waals surface area (Å²) in [6.07, 6.45) is 34.1. The van der Waals surface area contributed by atoms with Crippen LogP contribution in [-0.2, 0) is 19.0 Å². The van der Waals surface area contributed by atoms with Gasteiger partial charge >= 0.3 is 5.97 Å². The number of aliphatic hydroxyl groups excluding tert-OH is 3. The quantitative estimate of drug-likeness (QED) is 0.0478. The average Bonchev–Trinajstić information content (AvgIpc) is 3.59. The van der Waals surface area contributed by atoms with E-state index in [9.17, 15) is 20.1 Å². The molecule has 0 radical (unpaired) electrons. The number of esters is 1. The Hall–Kier alpha value is -1.51. The van der Waals surface area contributed by atoms with Crippen molar-refractivity contribution in [2.24, 2.45) is 46.3 Å². The van der Waals surface area contributed by atoms with Crippen molar-refractivity contribution in [1.29, 1.82) is 0 Å². The van der Waals surface area contributed by atoms with Crippen molar-refractivity contribution in [2.45, 2.75) is 239 Å². The lowest BCUT2D eigenvalue weighted by atomic mass is 9.47. The molecule has 13 atom stereocenters. The number of hydrogen-bond acceptors (Lipinski definition) is 7. The molecule has 0 aromatic rings. The first-order valence-corrected chi connectivity index (χ1v) is 25.4. The average molecular weight is 839 g/mol. The second-order valence-corrected chi connectivity index (χ2v) is 21.2. The molecule has 344 valence electrons. The summed E-state index contributed by atoms with van der Waals surface area (Å²) in [5.74, 6) is 4.42. The van der Waals surface area contributed by atoms with Gasteiger partial charge in [-0.05, 0) is 136 Å². The van der Waals surface area contributed by atoms with Gasteiger partial charge in [0.05, 0.1) is 6.10 Å². The van der Waals surface area contributed by atoms with Gasteiger partial charge in [-0.15, -0.1) is 0 Å². The van der Waals surface area contributed by atoms with Gasteiger partial charge in [0.25, 0.3) is 0 Å². The smallest absolute Gasteiger partial charge is 0.305 e. The lowest BCUT2D eigenvalue weighted by Gasteiger charge is -2.58. The molecule has 3 N–H and O–H groups in total. The summed E-state index contributed by atoms with van der Waals surface area (Å²) in [6.45, 7) is 14.5. The molecule has 5 aliphatic rings. The Morgan fingerprint density at radius 3 is 2.22 bits per heavy atom. The van der Waals surface area contributed by atoms with Gasteiger partial charge in [-0.2, -0.15) is 0 Å². The highest BCUT2D eigenvalue weighted by molar-refractivity contribution is 5.69. The fraction of sp³-hybridized carbons (Fsp3) is 0.868. The monoisotopic (exact) mass is 839 g/mol. The van der Waals surface area contributed by atoms with E-state index in [0.717, 1.165) is 87.4 Å². The van der Waals surface area contributed by atoms with Crippen molar-refractivity contribution in [3.63, 3.8) is 0 Å². The van der Waals surface area contributed by atoms with Crippen molar-refractivity contribution >= 4 is 5.97 Å². The predicted octanol–water partition coefficient (Wildman–Crippen LogP) is 12.4. The zero-order valence-electron chi connectivity index (χ0n) is 39.2. The van der Waals surface area contributed by atoms with Crippen LogP contribution in [0.4, 0.5) is 0 Å². The highest BCUT2D eigenvalue weighted by Gasteiger charge is 2.59. The van der Waals surface area contributed by atoms with Gasteiger partial charge < -0.3 is 29.5 Å². The minimum atomic E-state index is -1.45. The van der Waals surface area contributed by atoms with Crippen LogP contribution in [0.15, 0.2) is 36.0 Å². The third-order valence-corrected chi connectivity index (χ3v) is 16.5. The maximum absolute atomic E-state index is 12.6. The van der Waals surface area contributed by atoms with Crippen LogP contribution in [0.1, 0.15) is 202 Å². The molecule has 13 unspecified atom stereocenters. The van der Waals surface area contributed by atoms with Crippen LogP contribution in [0.5, 0.6) is 0 Å². The number of ether oxygens (including phenoxy) is 3. The summed E-state index contributed by atoms with van der Waals surface area (Å²) in [4.78, 5) is 12.6. The molecular weight excluding hydrogens is 749 g/mol. The molecule has 1 aliphatic heterocycles. The third-order valence-electron chi connectivity index (χ3n) is 16.5. The maximum atomic E-state index is 12.6. The van der Waals surface area contributed by atoms with Crippen LogP contribution in [0, 0.1) is 46.3 Å². The molecule has 60 heavy (non-hydrogen) atoms. The van der Waals surface area contributed by atoms with Crippen LogP contribution in [0.2, 0.25) is 0 Å². The Bertz CT molecular complexity index is 1360. The number of fused-ring (bicyclic) bond motifs is 5. The van der Waals surface area contributed by atoms with E-state index in [0.29, 0.717) is 17.8 Å². The van der Waals surface area contributed by atoms with Crippen molar-refractivity contribution in [2.75, 3.05) is 6.61 Å². The van der Waals surface area contributed by atoms with Crippen LogP contribution < -0.4 is 0 Å². The van der Waals surface area contributed by atoms with E-state index in [1.165, 1.54) is 102 Å². The zero-order chi connectivity index (χ0) is 43.1. The summed E-state index contributed by atoms with van der Waals surface area (Å²) >= 11 is 0. The molecule has 4 aliphatic carbocycles. The van der Waals surface area contributed by atoms with Gasteiger partial charge in [0, 0.05) is 6.42 Å². The van der Waals surface area contributed by atoms with Gasteiger partial charge in [0.15, 0.2) is 6.29 Å². The van der Waals surface area contributed by atoms with Gasteiger partial charge in [-0.25, -0.2) is 0 Å². The standard InChI is InChI=1S/C53H90O7/c1-7-8-9-10-11-12-13-14-15-16-17-18-19-20-21-22-23-27-47(54)58-37-46-48(55)49(56)50(57)51(60-46)59-41-32-34-52(5)40(36-41)28-29-42-44-31-30-43(39(4)26-24-25-38(2)3)53(44,6)35-33-45(42)52/h11-12,14-15,28,38-39,41-46,48-51,55-57H,7-10,13,16-27,29-37H2,1-6H3/b12-11-,15-14-. The summed E-state index contributed by atoms with van der Waals surface area (Å²) in [6, 6.07) is 0. The number of aliphatic hydroxyl groups is 3. The largest absolute Gasteiger partial charge is 0.463 e. The van der Waals surface area contributed by atoms with Crippen molar-refractivity contribution in [1.82, 2.24) is 0 Å². The molecule has 4 fully saturated rings. The molecule has 0 amide bonds. The molecule has 0 aromatic carbocycles. The molecule has 0 spiro atoms. The number of allylic oxidation sites excluding steroid dienone is 5. The lowest BCUT2D eigenvalue weighted by Crippen LogP contribution is -2.60. The molecule has 1 heterocycles. The number of unbranched alkanes of at least 4 members (excludes halogenated alkanes) is 10. The summed E-state index contributed by atoms with van der Waals surface area (Å²) in [7, 11) is 0. The van der Waals surface area contributed by atoms with Crippen LogP contribution in [-0.4, -0.2) is 64.7 Å².